The Bertz CT molecular complexity index is 811. The number of piperazine rings is 1. The highest BCUT2D eigenvalue weighted by Gasteiger charge is 2.26. The number of carbonyl (C=O) groups excluding carboxylic acids is 1. The fraction of sp³-hybridized carbons (Fsp3) is 0.412. The van der Waals surface area contributed by atoms with E-state index in [9.17, 15) is 10.1 Å². The van der Waals surface area contributed by atoms with E-state index in [1.807, 2.05) is 31.9 Å². The summed E-state index contributed by atoms with van der Waals surface area (Å²) in [4.78, 5) is 25.0. The number of hydrogen-bond acceptors (Lipinski definition) is 5. The standard InChI is InChI=1S/C17H20N6O/c1-12-8-13(2)20-16(14(12)9-18)22-4-6-23(7-5-22)17(24)15-10-19-11-21(15)3/h8,10-11H,4-7H2,1-3H3. The molecule has 124 valence electrons. The van der Waals surface area contributed by atoms with Gasteiger partial charge in [-0.05, 0) is 25.5 Å². The second kappa shape index (κ2) is 6.32. The highest BCUT2D eigenvalue weighted by Crippen LogP contribution is 2.23. The molecular formula is C17H20N6O. The molecule has 3 heterocycles. The SMILES string of the molecule is Cc1cc(C)c(C#N)c(N2CCN(C(=O)c3cncn3C)CC2)n1. The number of imidazole rings is 1. The molecule has 2 aromatic rings. The molecule has 3 rings (SSSR count). The first-order valence-electron chi connectivity index (χ1n) is 7.90. The molecular weight excluding hydrogens is 304 g/mol. The lowest BCUT2D eigenvalue weighted by atomic mass is 10.1. The highest BCUT2D eigenvalue weighted by molar-refractivity contribution is 5.92. The molecule has 0 bridgehead atoms. The van der Waals surface area contributed by atoms with Gasteiger partial charge in [0.1, 0.15) is 17.6 Å². The lowest BCUT2D eigenvalue weighted by molar-refractivity contribution is 0.0737. The van der Waals surface area contributed by atoms with Crippen molar-refractivity contribution in [1.82, 2.24) is 19.4 Å². The van der Waals surface area contributed by atoms with E-state index in [-0.39, 0.29) is 5.91 Å². The van der Waals surface area contributed by atoms with Gasteiger partial charge in [0.05, 0.1) is 18.1 Å². The van der Waals surface area contributed by atoms with Gasteiger partial charge in [-0.15, -0.1) is 0 Å². The maximum atomic E-state index is 12.5. The molecule has 7 nitrogen and oxygen atoms in total. The van der Waals surface area contributed by atoms with Crippen LogP contribution >= 0.6 is 0 Å². The summed E-state index contributed by atoms with van der Waals surface area (Å²) in [5.41, 5.74) is 3.04. The summed E-state index contributed by atoms with van der Waals surface area (Å²) >= 11 is 0. The van der Waals surface area contributed by atoms with Gasteiger partial charge in [-0.1, -0.05) is 0 Å². The molecule has 1 fully saturated rings. The van der Waals surface area contributed by atoms with Crippen molar-refractivity contribution >= 4 is 11.7 Å². The van der Waals surface area contributed by atoms with Crippen LogP contribution in [0.2, 0.25) is 0 Å². The predicted molar refractivity (Wildman–Crippen MR) is 89.8 cm³/mol. The van der Waals surface area contributed by atoms with Crippen molar-refractivity contribution in [2.75, 3.05) is 31.1 Å². The van der Waals surface area contributed by atoms with Crippen molar-refractivity contribution in [3.8, 4) is 6.07 Å². The highest BCUT2D eigenvalue weighted by atomic mass is 16.2. The Labute approximate surface area is 141 Å². The topological polar surface area (TPSA) is 78.0 Å². The second-order valence-corrected chi connectivity index (χ2v) is 6.06. The van der Waals surface area contributed by atoms with E-state index < -0.39 is 0 Å². The van der Waals surface area contributed by atoms with Crippen LogP contribution in [0.4, 0.5) is 5.82 Å². The zero-order valence-electron chi connectivity index (χ0n) is 14.2. The van der Waals surface area contributed by atoms with Gasteiger partial charge in [-0.2, -0.15) is 5.26 Å². The summed E-state index contributed by atoms with van der Waals surface area (Å²) in [6.45, 7) is 6.38. The molecule has 1 amide bonds. The molecule has 2 aromatic heterocycles. The maximum absolute atomic E-state index is 12.5. The molecule has 0 saturated carbocycles. The Kier molecular flexibility index (Phi) is 4.21. The molecule has 0 atom stereocenters. The lowest BCUT2D eigenvalue weighted by Crippen LogP contribution is -2.49. The van der Waals surface area contributed by atoms with Crippen LogP contribution in [-0.2, 0) is 7.05 Å². The summed E-state index contributed by atoms with van der Waals surface area (Å²) in [5.74, 6) is 0.714. The van der Waals surface area contributed by atoms with Crippen molar-refractivity contribution in [1.29, 1.82) is 5.26 Å². The average Bonchev–Trinajstić information content (AvgIpc) is 3.00. The first kappa shape index (κ1) is 16.0. The van der Waals surface area contributed by atoms with E-state index in [0.29, 0.717) is 37.4 Å². The molecule has 0 aromatic carbocycles. The smallest absolute Gasteiger partial charge is 0.272 e. The number of nitrogens with zero attached hydrogens (tertiary/aromatic N) is 6. The van der Waals surface area contributed by atoms with Crippen LogP contribution in [0.3, 0.4) is 0 Å². The first-order chi connectivity index (χ1) is 11.5. The van der Waals surface area contributed by atoms with Gasteiger partial charge in [0.25, 0.3) is 5.91 Å². The number of aryl methyl sites for hydroxylation is 3. The molecule has 1 aliphatic rings. The molecule has 1 saturated heterocycles. The van der Waals surface area contributed by atoms with Crippen LogP contribution < -0.4 is 4.90 Å². The van der Waals surface area contributed by atoms with Gasteiger partial charge < -0.3 is 14.4 Å². The molecule has 24 heavy (non-hydrogen) atoms. The summed E-state index contributed by atoms with van der Waals surface area (Å²) in [7, 11) is 1.81. The first-order valence-corrected chi connectivity index (χ1v) is 7.90. The monoisotopic (exact) mass is 324 g/mol. The van der Waals surface area contributed by atoms with Crippen molar-refractivity contribution in [3.05, 3.63) is 41.1 Å². The van der Waals surface area contributed by atoms with Crippen LogP contribution in [0.1, 0.15) is 27.3 Å². The van der Waals surface area contributed by atoms with Crippen LogP contribution in [0.15, 0.2) is 18.6 Å². The number of nitriles is 1. The molecule has 0 spiro atoms. The predicted octanol–water partition coefficient (Wildman–Crippen LogP) is 1.27. The Balaban J connectivity index is 1.76. The van der Waals surface area contributed by atoms with E-state index in [0.717, 1.165) is 17.1 Å². The number of pyridine rings is 1. The zero-order valence-corrected chi connectivity index (χ0v) is 14.2. The largest absolute Gasteiger partial charge is 0.352 e. The second-order valence-electron chi connectivity index (χ2n) is 6.06. The Morgan fingerprint density at radius 3 is 2.54 bits per heavy atom. The number of rotatable bonds is 2. The fourth-order valence-electron chi connectivity index (χ4n) is 3.03. The van der Waals surface area contributed by atoms with Crippen LogP contribution in [0.5, 0.6) is 0 Å². The molecule has 0 N–H and O–H groups in total. The van der Waals surface area contributed by atoms with Crippen LogP contribution in [-0.4, -0.2) is 51.5 Å². The molecule has 7 heteroatoms. The van der Waals surface area contributed by atoms with Gasteiger partial charge >= 0.3 is 0 Å². The average molecular weight is 324 g/mol. The van der Waals surface area contributed by atoms with Crippen LogP contribution in [0, 0.1) is 25.2 Å². The molecule has 0 aliphatic carbocycles. The number of amides is 1. The Hall–Kier alpha value is -2.88. The number of carbonyl (C=O) groups is 1. The summed E-state index contributed by atoms with van der Waals surface area (Å²) in [5, 5.41) is 9.43. The van der Waals surface area contributed by atoms with Crippen molar-refractivity contribution in [2.24, 2.45) is 7.05 Å². The molecule has 1 aliphatic heterocycles. The summed E-state index contributed by atoms with van der Waals surface area (Å²) in [6.07, 6.45) is 3.22. The van der Waals surface area contributed by atoms with Crippen molar-refractivity contribution in [2.45, 2.75) is 13.8 Å². The minimum atomic E-state index is -0.0106. The third-order valence-corrected chi connectivity index (χ3v) is 4.34. The van der Waals surface area contributed by atoms with Gasteiger partial charge in [-0.25, -0.2) is 9.97 Å². The maximum Gasteiger partial charge on any atom is 0.272 e. The molecule has 0 radical (unpaired) electrons. The van der Waals surface area contributed by atoms with E-state index in [1.165, 1.54) is 0 Å². The zero-order chi connectivity index (χ0) is 17.3. The number of hydrogen-bond donors (Lipinski definition) is 0. The lowest BCUT2D eigenvalue weighted by Gasteiger charge is -2.36. The number of anilines is 1. The van der Waals surface area contributed by atoms with Crippen LogP contribution in [0.25, 0.3) is 0 Å². The quantitative estimate of drug-likeness (QED) is 0.831. The van der Waals surface area contributed by atoms with E-state index in [2.05, 4.69) is 20.9 Å². The van der Waals surface area contributed by atoms with E-state index >= 15 is 0 Å². The summed E-state index contributed by atoms with van der Waals surface area (Å²) < 4.78 is 1.73. The van der Waals surface area contributed by atoms with Crippen molar-refractivity contribution < 1.29 is 4.79 Å². The molecule has 0 unspecified atom stereocenters. The van der Waals surface area contributed by atoms with Gasteiger partial charge in [-0.3, -0.25) is 4.79 Å². The van der Waals surface area contributed by atoms with Gasteiger partial charge in [0.15, 0.2) is 0 Å². The minimum absolute atomic E-state index is 0.0106. The van der Waals surface area contributed by atoms with Crippen molar-refractivity contribution in [3.63, 3.8) is 0 Å². The van der Waals surface area contributed by atoms with Gasteiger partial charge in [0, 0.05) is 38.9 Å². The summed E-state index contributed by atoms with van der Waals surface area (Å²) in [6, 6.07) is 4.18. The fourth-order valence-corrected chi connectivity index (χ4v) is 3.03. The van der Waals surface area contributed by atoms with Gasteiger partial charge in [0.2, 0.25) is 0 Å². The minimum Gasteiger partial charge on any atom is -0.352 e. The normalized spacial score (nSPS) is 14.6. The third-order valence-electron chi connectivity index (χ3n) is 4.34. The Morgan fingerprint density at radius 1 is 1.25 bits per heavy atom. The third kappa shape index (κ3) is 2.83. The Morgan fingerprint density at radius 2 is 1.96 bits per heavy atom. The van der Waals surface area contributed by atoms with E-state index in [1.54, 1.807) is 17.1 Å². The number of aromatic nitrogens is 3. The van der Waals surface area contributed by atoms with E-state index in [4.69, 9.17) is 0 Å².